The van der Waals surface area contributed by atoms with E-state index in [4.69, 9.17) is 16.0 Å². The van der Waals surface area contributed by atoms with Crippen LogP contribution in [0.3, 0.4) is 0 Å². The fourth-order valence-electron chi connectivity index (χ4n) is 7.39. The number of anilines is 1. The topological polar surface area (TPSA) is 121 Å². The lowest BCUT2D eigenvalue weighted by Crippen LogP contribution is -2.56. The van der Waals surface area contributed by atoms with Gasteiger partial charge < -0.3 is 25.3 Å². The van der Waals surface area contributed by atoms with E-state index < -0.39 is 5.91 Å². The molecule has 1 saturated heterocycles. The number of amides is 3. The van der Waals surface area contributed by atoms with Gasteiger partial charge in [-0.05, 0) is 114 Å². The minimum Gasteiger partial charge on any atom is -0.451 e. The van der Waals surface area contributed by atoms with Crippen molar-refractivity contribution in [2.75, 3.05) is 25.0 Å². The predicted octanol–water partition coefficient (Wildman–Crippen LogP) is 6.71. The molecule has 3 N–H and O–H groups in total. The lowest BCUT2D eigenvalue weighted by atomic mass is 9.63. The molecule has 1 saturated carbocycles. The van der Waals surface area contributed by atoms with Crippen molar-refractivity contribution in [1.29, 1.82) is 0 Å². The number of fused-ring (bicyclic) bond motifs is 1. The molecule has 2 aliphatic rings. The molecule has 5 rings (SSSR count). The van der Waals surface area contributed by atoms with Gasteiger partial charge in [0.25, 0.3) is 5.91 Å². The van der Waals surface area contributed by atoms with Gasteiger partial charge in [0.05, 0.1) is 10.8 Å². The average Bonchev–Trinajstić information content (AvgIpc) is 3.04. The first-order valence-electron chi connectivity index (χ1n) is 17.3. The van der Waals surface area contributed by atoms with E-state index in [0.717, 1.165) is 50.9 Å². The highest BCUT2D eigenvalue weighted by atomic mass is 35.5. The van der Waals surface area contributed by atoms with E-state index in [0.29, 0.717) is 29.5 Å². The van der Waals surface area contributed by atoms with E-state index >= 15 is 0 Å². The standard InChI is InChI=1S/C38H49ClN4O5/c1-25(44)40-29-14-15-33-31(23-29)32(45)24-34(48-33)35(46)41-30(22-26-10-12-28(39)13-11-26)16-19-43-20-17-38(18-21-43,27-8-6-5-7-9-27)36(47)42-37(2,3)4/h10-15,23-24,27,30H,5-9,16-22H2,1-4H3,(H,40,44)(H,41,46)(H,42,47)/t30-/m1/s1. The first-order chi connectivity index (χ1) is 22.8. The number of rotatable bonds is 10. The van der Waals surface area contributed by atoms with Gasteiger partial charge in [-0.15, -0.1) is 0 Å². The number of benzene rings is 2. The summed E-state index contributed by atoms with van der Waals surface area (Å²) in [5.41, 5.74) is 0.796. The zero-order valence-electron chi connectivity index (χ0n) is 28.6. The predicted molar refractivity (Wildman–Crippen MR) is 190 cm³/mol. The number of carbonyl (C=O) groups is 3. The largest absolute Gasteiger partial charge is 0.451 e. The number of likely N-dealkylation sites (tertiary alicyclic amines) is 1. The van der Waals surface area contributed by atoms with Crippen molar-refractivity contribution in [1.82, 2.24) is 15.5 Å². The first kappa shape index (κ1) is 35.6. The Morgan fingerprint density at radius 3 is 2.33 bits per heavy atom. The molecule has 0 radical (unpaired) electrons. The normalized spacial score (nSPS) is 17.9. The van der Waals surface area contributed by atoms with Gasteiger partial charge in [-0.1, -0.05) is 43.0 Å². The molecule has 2 heterocycles. The zero-order valence-corrected chi connectivity index (χ0v) is 29.4. The van der Waals surface area contributed by atoms with Crippen molar-refractivity contribution in [2.45, 2.75) is 97.1 Å². The van der Waals surface area contributed by atoms with Crippen molar-refractivity contribution in [3.8, 4) is 0 Å². The summed E-state index contributed by atoms with van der Waals surface area (Å²) in [5.74, 6) is -0.159. The molecule has 258 valence electrons. The number of hydrogen-bond acceptors (Lipinski definition) is 6. The van der Waals surface area contributed by atoms with Crippen LogP contribution in [0.1, 0.15) is 95.2 Å². The molecular formula is C38H49ClN4O5. The zero-order chi connectivity index (χ0) is 34.5. The molecule has 2 aromatic carbocycles. The van der Waals surface area contributed by atoms with Crippen LogP contribution in [0, 0.1) is 11.3 Å². The Labute approximate surface area is 288 Å². The van der Waals surface area contributed by atoms with Crippen LogP contribution in [0.15, 0.2) is 57.7 Å². The van der Waals surface area contributed by atoms with Gasteiger partial charge >= 0.3 is 0 Å². The Morgan fingerprint density at radius 2 is 1.69 bits per heavy atom. The second-order valence-electron chi connectivity index (χ2n) is 14.7. The highest BCUT2D eigenvalue weighted by Gasteiger charge is 2.48. The van der Waals surface area contributed by atoms with E-state index in [1.165, 1.54) is 32.3 Å². The van der Waals surface area contributed by atoms with Crippen LogP contribution in [0.25, 0.3) is 11.0 Å². The van der Waals surface area contributed by atoms with Crippen LogP contribution in [0.2, 0.25) is 5.02 Å². The van der Waals surface area contributed by atoms with Crippen LogP contribution in [0.5, 0.6) is 0 Å². The smallest absolute Gasteiger partial charge is 0.287 e. The molecule has 10 heteroatoms. The number of carbonyl (C=O) groups excluding carboxylic acids is 3. The monoisotopic (exact) mass is 676 g/mol. The lowest BCUT2D eigenvalue weighted by molar-refractivity contribution is -0.141. The molecule has 1 aromatic heterocycles. The second-order valence-corrected chi connectivity index (χ2v) is 15.1. The quantitative estimate of drug-likeness (QED) is 0.220. The average molecular weight is 677 g/mol. The van der Waals surface area contributed by atoms with Gasteiger partial charge in [-0.3, -0.25) is 19.2 Å². The molecule has 48 heavy (non-hydrogen) atoms. The highest BCUT2D eigenvalue weighted by molar-refractivity contribution is 6.30. The maximum Gasteiger partial charge on any atom is 0.287 e. The van der Waals surface area contributed by atoms with Gasteiger partial charge in [0.1, 0.15) is 5.58 Å². The number of hydrogen-bond donors (Lipinski definition) is 3. The minimum absolute atomic E-state index is 0.0685. The maximum absolute atomic E-state index is 13.8. The van der Waals surface area contributed by atoms with E-state index in [9.17, 15) is 19.2 Å². The summed E-state index contributed by atoms with van der Waals surface area (Å²) in [6.07, 6.45) is 8.80. The molecular weight excluding hydrogens is 628 g/mol. The SMILES string of the molecule is CC(=O)Nc1ccc2oc(C(=O)N[C@H](CCN3CCC(C(=O)NC(C)(C)C)(C4CCCCC4)CC3)Cc3ccc(Cl)cc3)cc(=O)c2c1. The Kier molecular flexibility index (Phi) is 11.3. The van der Waals surface area contributed by atoms with Crippen LogP contribution in [0.4, 0.5) is 5.69 Å². The molecule has 9 nitrogen and oxygen atoms in total. The molecule has 0 bridgehead atoms. The first-order valence-corrected chi connectivity index (χ1v) is 17.6. The number of nitrogens with zero attached hydrogens (tertiary/aromatic N) is 1. The number of nitrogens with one attached hydrogen (secondary N) is 3. The van der Waals surface area contributed by atoms with E-state index in [1.54, 1.807) is 18.2 Å². The summed E-state index contributed by atoms with van der Waals surface area (Å²) in [6, 6.07) is 13.3. The third kappa shape index (κ3) is 9.05. The van der Waals surface area contributed by atoms with E-state index in [1.807, 2.05) is 24.3 Å². The van der Waals surface area contributed by atoms with Crippen molar-refractivity contribution < 1.29 is 18.8 Å². The summed E-state index contributed by atoms with van der Waals surface area (Å²) in [5, 5.41) is 10.0. The fraction of sp³-hybridized carbons (Fsp3) is 0.526. The van der Waals surface area contributed by atoms with Gasteiger partial charge in [0, 0.05) is 41.8 Å². The van der Waals surface area contributed by atoms with Crippen molar-refractivity contribution in [2.24, 2.45) is 11.3 Å². The highest BCUT2D eigenvalue weighted by Crippen LogP contribution is 2.46. The van der Waals surface area contributed by atoms with Crippen LogP contribution >= 0.6 is 11.6 Å². The molecule has 0 spiro atoms. The van der Waals surface area contributed by atoms with Gasteiger partial charge in [-0.25, -0.2) is 0 Å². The van der Waals surface area contributed by atoms with Crippen LogP contribution in [-0.4, -0.2) is 53.8 Å². The number of halogens is 1. The Balaban J connectivity index is 1.29. The maximum atomic E-state index is 13.8. The summed E-state index contributed by atoms with van der Waals surface area (Å²) >= 11 is 6.14. The van der Waals surface area contributed by atoms with E-state index in [-0.39, 0.29) is 51.0 Å². The molecule has 2 fully saturated rings. The molecule has 1 aliphatic carbocycles. The van der Waals surface area contributed by atoms with Gasteiger partial charge in [-0.2, -0.15) is 0 Å². The molecule has 0 unspecified atom stereocenters. The number of piperidine rings is 1. The minimum atomic E-state index is -0.465. The molecule has 1 aliphatic heterocycles. The molecule has 1 atom stereocenters. The van der Waals surface area contributed by atoms with Crippen LogP contribution < -0.4 is 21.4 Å². The van der Waals surface area contributed by atoms with Crippen molar-refractivity contribution in [3.63, 3.8) is 0 Å². The lowest BCUT2D eigenvalue weighted by Gasteiger charge is -2.47. The summed E-state index contributed by atoms with van der Waals surface area (Å²) in [7, 11) is 0. The fourth-order valence-corrected chi connectivity index (χ4v) is 7.52. The second kappa shape index (κ2) is 15.2. The van der Waals surface area contributed by atoms with Crippen LogP contribution in [-0.2, 0) is 16.0 Å². The summed E-state index contributed by atoms with van der Waals surface area (Å²) in [6.45, 7) is 9.97. The summed E-state index contributed by atoms with van der Waals surface area (Å²) in [4.78, 5) is 54.2. The Hall–Kier alpha value is -3.69. The molecule has 3 amide bonds. The third-order valence-electron chi connectivity index (χ3n) is 9.87. The van der Waals surface area contributed by atoms with Crippen molar-refractivity contribution in [3.05, 3.63) is 75.1 Å². The Bertz CT molecular complexity index is 1670. The Morgan fingerprint density at radius 1 is 1.00 bits per heavy atom. The third-order valence-corrected chi connectivity index (χ3v) is 10.1. The molecule has 3 aromatic rings. The van der Waals surface area contributed by atoms with Gasteiger partial charge in [0.15, 0.2) is 11.2 Å². The van der Waals surface area contributed by atoms with Crippen molar-refractivity contribution >= 4 is 46.0 Å². The van der Waals surface area contributed by atoms with E-state index in [2.05, 4.69) is 41.6 Å². The summed E-state index contributed by atoms with van der Waals surface area (Å²) < 4.78 is 5.87. The van der Waals surface area contributed by atoms with Gasteiger partial charge in [0.2, 0.25) is 11.8 Å².